The minimum Gasteiger partial charge on any atom is -0.310 e. The second-order valence-electron chi connectivity index (χ2n) is 12.0. The highest BCUT2D eigenvalue weighted by Gasteiger charge is 2.52. The average molecular weight is 651 g/mol. The highest BCUT2D eigenvalue weighted by atomic mass is 32.1. The summed E-state index contributed by atoms with van der Waals surface area (Å²) in [5, 5.41) is 4.50. The van der Waals surface area contributed by atoms with E-state index in [0.29, 0.717) is 17.5 Å². The second-order valence-corrected chi connectivity index (χ2v) is 13.9. The van der Waals surface area contributed by atoms with Crippen molar-refractivity contribution in [2.45, 2.75) is 5.41 Å². The fourth-order valence-corrected chi connectivity index (χ4v) is 9.61. The number of nitrogens with zero attached hydrogens (tertiary/aromatic N) is 4. The fraction of sp³-hybridized carbons (Fsp3) is 0.0238. The first-order valence-electron chi connectivity index (χ1n) is 15.9. The quantitative estimate of drug-likeness (QED) is 0.190. The van der Waals surface area contributed by atoms with Crippen LogP contribution in [0.2, 0.25) is 0 Å². The van der Waals surface area contributed by atoms with E-state index < -0.39 is 0 Å². The molecule has 4 nitrogen and oxygen atoms in total. The van der Waals surface area contributed by atoms with E-state index in [1.54, 1.807) is 0 Å². The molecule has 0 fully saturated rings. The van der Waals surface area contributed by atoms with Gasteiger partial charge in [0.05, 0.1) is 16.8 Å². The number of aromatic nitrogens is 3. The maximum atomic E-state index is 4.96. The molecule has 3 aromatic heterocycles. The van der Waals surface area contributed by atoms with Gasteiger partial charge < -0.3 is 4.90 Å². The van der Waals surface area contributed by atoms with Gasteiger partial charge in [-0.15, -0.1) is 22.7 Å². The molecule has 0 N–H and O–H groups in total. The summed E-state index contributed by atoms with van der Waals surface area (Å²) in [5.41, 5.74) is 11.4. The van der Waals surface area contributed by atoms with E-state index in [0.717, 1.165) is 22.4 Å². The Morgan fingerprint density at radius 1 is 0.396 bits per heavy atom. The lowest BCUT2D eigenvalue weighted by Crippen LogP contribution is -2.35. The average Bonchev–Trinajstić information content (AvgIpc) is 3.90. The van der Waals surface area contributed by atoms with Crippen LogP contribution < -0.4 is 4.90 Å². The van der Waals surface area contributed by atoms with Gasteiger partial charge in [-0.2, -0.15) is 0 Å². The van der Waals surface area contributed by atoms with Crippen LogP contribution >= 0.6 is 22.7 Å². The van der Waals surface area contributed by atoms with Gasteiger partial charge in [0, 0.05) is 32.1 Å². The van der Waals surface area contributed by atoms with E-state index in [2.05, 4.69) is 101 Å². The summed E-state index contributed by atoms with van der Waals surface area (Å²) in [7, 11) is 0. The minimum atomic E-state index is -0.346. The molecule has 10 rings (SSSR count). The van der Waals surface area contributed by atoms with E-state index >= 15 is 0 Å². The number of thiophene rings is 2. The zero-order chi connectivity index (χ0) is 31.7. The fourth-order valence-electron chi connectivity index (χ4n) is 7.51. The molecule has 0 atom stereocenters. The van der Waals surface area contributed by atoms with E-state index in [9.17, 15) is 0 Å². The van der Waals surface area contributed by atoms with Crippen molar-refractivity contribution in [3.05, 3.63) is 179 Å². The molecule has 226 valence electrons. The molecule has 2 aliphatic rings. The Hall–Kier alpha value is -5.69. The van der Waals surface area contributed by atoms with Crippen LogP contribution in [0.3, 0.4) is 0 Å². The number of fused-ring (bicyclic) bond motifs is 9. The molecule has 1 spiro atoms. The SMILES string of the molecule is c1ccc(-c2nc(-c3ccccc3)nc(-c3ccc(N4c5ccccc5C5(c6ccccc64)c4ccsc4-c4sccc45)cc3)n2)cc1. The van der Waals surface area contributed by atoms with Crippen molar-refractivity contribution in [2.75, 3.05) is 4.90 Å². The summed E-state index contributed by atoms with van der Waals surface area (Å²) in [6.07, 6.45) is 0. The normalized spacial score (nSPS) is 13.5. The molecule has 8 aromatic rings. The molecule has 48 heavy (non-hydrogen) atoms. The number of rotatable bonds is 4. The van der Waals surface area contributed by atoms with Crippen LogP contribution in [0.5, 0.6) is 0 Å². The van der Waals surface area contributed by atoms with Crippen LogP contribution in [0.15, 0.2) is 156 Å². The van der Waals surface area contributed by atoms with Crippen molar-refractivity contribution in [3.63, 3.8) is 0 Å². The molecular weight excluding hydrogens is 625 g/mol. The Morgan fingerprint density at radius 3 is 1.29 bits per heavy atom. The van der Waals surface area contributed by atoms with Crippen LogP contribution in [0.25, 0.3) is 43.9 Å². The third kappa shape index (κ3) is 3.90. The lowest BCUT2D eigenvalue weighted by Gasteiger charge is -2.44. The highest BCUT2D eigenvalue weighted by molar-refractivity contribution is 7.21. The van der Waals surface area contributed by atoms with Gasteiger partial charge in [0.1, 0.15) is 0 Å². The largest absolute Gasteiger partial charge is 0.310 e. The van der Waals surface area contributed by atoms with Gasteiger partial charge in [-0.25, -0.2) is 15.0 Å². The lowest BCUT2D eigenvalue weighted by atomic mass is 9.65. The van der Waals surface area contributed by atoms with Gasteiger partial charge in [-0.1, -0.05) is 97.1 Å². The van der Waals surface area contributed by atoms with Gasteiger partial charge in [-0.05, 0) is 81.5 Å². The first-order valence-corrected chi connectivity index (χ1v) is 17.7. The van der Waals surface area contributed by atoms with Gasteiger partial charge in [0.2, 0.25) is 0 Å². The van der Waals surface area contributed by atoms with Crippen LogP contribution in [0.1, 0.15) is 22.3 Å². The maximum absolute atomic E-state index is 4.96. The molecule has 0 radical (unpaired) electrons. The van der Waals surface area contributed by atoms with Crippen molar-refractivity contribution in [1.82, 2.24) is 15.0 Å². The minimum absolute atomic E-state index is 0.346. The Kier molecular flexibility index (Phi) is 6.10. The number of benzene rings is 5. The first kappa shape index (κ1) is 27.4. The van der Waals surface area contributed by atoms with Crippen molar-refractivity contribution in [2.24, 2.45) is 0 Å². The Balaban J connectivity index is 1.12. The number of hydrogen-bond donors (Lipinski definition) is 0. The van der Waals surface area contributed by atoms with Crippen LogP contribution in [-0.2, 0) is 5.41 Å². The van der Waals surface area contributed by atoms with Gasteiger partial charge in [-0.3, -0.25) is 0 Å². The summed E-state index contributed by atoms with van der Waals surface area (Å²) in [6, 6.07) is 51.4. The zero-order valence-electron chi connectivity index (χ0n) is 25.6. The van der Waals surface area contributed by atoms with Crippen LogP contribution in [-0.4, -0.2) is 15.0 Å². The number of para-hydroxylation sites is 2. The van der Waals surface area contributed by atoms with Gasteiger partial charge in [0.15, 0.2) is 17.5 Å². The van der Waals surface area contributed by atoms with E-state index in [-0.39, 0.29) is 5.41 Å². The Morgan fingerprint density at radius 2 is 0.812 bits per heavy atom. The maximum Gasteiger partial charge on any atom is 0.164 e. The monoisotopic (exact) mass is 650 g/mol. The molecule has 5 aromatic carbocycles. The molecular formula is C42H26N4S2. The van der Waals surface area contributed by atoms with E-state index in [4.69, 9.17) is 15.0 Å². The highest BCUT2D eigenvalue weighted by Crippen LogP contribution is 2.65. The second kappa shape index (κ2) is 10.7. The van der Waals surface area contributed by atoms with E-state index in [1.165, 1.54) is 43.4 Å². The summed E-state index contributed by atoms with van der Waals surface area (Å²) < 4.78 is 0. The van der Waals surface area contributed by atoms with Gasteiger partial charge in [0.25, 0.3) is 0 Å². The van der Waals surface area contributed by atoms with Crippen molar-refractivity contribution < 1.29 is 0 Å². The van der Waals surface area contributed by atoms with Crippen LogP contribution in [0.4, 0.5) is 17.1 Å². The molecule has 0 unspecified atom stereocenters. The standard InChI is InChI=1S/C42H26N4S2/c1-3-11-27(12-4-1)39-43-40(28-13-5-2-6-14-28)45-41(44-39)29-19-21-30(22-20-29)46-35-17-9-7-15-31(35)42(32-16-8-10-18-36(32)46)33-23-25-47-37(33)38-34(42)24-26-48-38/h1-26H. The van der Waals surface area contributed by atoms with E-state index in [1.807, 2.05) is 83.3 Å². The molecule has 1 aliphatic carbocycles. The first-order chi connectivity index (χ1) is 23.8. The van der Waals surface area contributed by atoms with Crippen molar-refractivity contribution >= 4 is 39.7 Å². The molecule has 4 heterocycles. The molecule has 0 amide bonds. The number of anilines is 3. The Bertz CT molecular complexity index is 2320. The third-order valence-electron chi connectivity index (χ3n) is 9.53. The third-order valence-corrected chi connectivity index (χ3v) is 11.5. The number of hydrogen-bond acceptors (Lipinski definition) is 6. The lowest BCUT2D eigenvalue weighted by molar-refractivity contribution is 0.756. The molecule has 0 bridgehead atoms. The molecule has 0 saturated heterocycles. The summed E-state index contributed by atoms with van der Waals surface area (Å²) in [6.45, 7) is 0. The van der Waals surface area contributed by atoms with Crippen molar-refractivity contribution in [1.29, 1.82) is 0 Å². The smallest absolute Gasteiger partial charge is 0.164 e. The van der Waals surface area contributed by atoms with Crippen LogP contribution in [0, 0.1) is 0 Å². The van der Waals surface area contributed by atoms with Crippen molar-refractivity contribution in [3.8, 4) is 43.9 Å². The summed E-state index contributed by atoms with van der Waals surface area (Å²) in [5.74, 6) is 1.96. The summed E-state index contributed by atoms with van der Waals surface area (Å²) in [4.78, 5) is 20.0. The zero-order valence-corrected chi connectivity index (χ0v) is 27.2. The topological polar surface area (TPSA) is 41.9 Å². The molecule has 6 heteroatoms. The molecule has 1 aliphatic heterocycles. The predicted molar refractivity (Wildman–Crippen MR) is 197 cm³/mol. The summed E-state index contributed by atoms with van der Waals surface area (Å²) >= 11 is 3.70. The molecule has 0 saturated carbocycles. The Labute approximate surface area is 286 Å². The predicted octanol–water partition coefficient (Wildman–Crippen LogP) is 11.1. The van der Waals surface area contributed by atoms with Gasteiger partial charge >= 0.3 is 0 Å².